The van der Waals surface area contributed by atoms with Crippen LogP contribution in [0.1, 0.15) is 36.3 Å². The SMILES string of the molecule is O=C(NCc1cn2c(n1)SCC2)N1CCCCC1CCc1cccs1. The van der Waals surface area contributed by atoms with Crippen LogP contribution in [-0.2, 0) is 19.5 Å². The van der Waals surface area contributed by atoms with Crippen LogP contribution in [0.3, 0.4) is 0 Å². The van der Waals surface area contributed by atoms with E-state index in [0.29, 0.717) is 12.6 Å². The Morgan fingerprint density at radius 1 is 1.36 bits per heavy atom. The predicted octanol–water partition coefficient (Wildman–Crippen LogP) is 3.75. The first-order chi connectivity index (χ1) is 12.3. The van der Waals surface area contributed by atoms with Crippen LogP contribution in [0.5, 0.6) is 0 Å². The highest BCUT2D eigenvalue weighted by atomic mass is 32.2. The highest BCUT2D eigenvalue weighted by molar-refractivity contribution is 7.99. The zero-order valence-corrected chi connectivity index (χ0v) is 16.0. The number of amides is 2. The summed E-state index contributed by atoms with van der Waals surface area (Å²) in [4.78, 5) is 20.8. The van der Waals surface area contributed by atoms with E-state index >= 15 is 0 Å². The van der Waals surface area contributed by atoms with Crippen LogP contribution in [-0.4, -0.2) is 38.8 Å². The topological polar surface area (TPSA) is 50.2 Å². The predicted molar refractivity (Wildman–Crippen MR) is 102 cm³/mol. The van der Waals surface area contributed by atoms with Crippen LogP contribution in [0.25, 0.3) is 0 Å². The Labute approximate surface area is 156 Å². The molecule has 2 aromatic rings. The van der Waals surface area contributed by atoms with Crippen molar-refractivity contribution in [2.45, 2.75) is 56.4 Å². The second-order valence-electron chi connectivity index (χ2n) is 6.68. The summed E-state index contributed by atoms with van der Waals surface area (Å²) >= 11 is 3.59. The third-order valence-corrected chi connectivity index (χ3v) is 6.87. The fourth-order valence-electron chi connectivity index (χ4n) is 3.65. The third kappa shape index (κ3) is 4.03. The van der Waals surface area contributed by atoms with Gasteiger partial charge in [0.2, 0.25) is 0 Å². The van der Waals surface area contributed by atoms with Crippen LogP contribution in [0, 0.1) is 0 Å². The Bertz CT molecular complexity index is 691. The van der Waals surface area contributed by atoms with Crippen molar-refractivity contribution in [3.8, 4) is 0 Å². The van der Waals surface area contributed by atoms with Gasteiger partial charge < -0.3 is 14.8 Å². The average molecular weight is 377 g/mol. The number of hydrogen-bond acceptors (Lipinski definition) is 4. The summed E-state index contributed by atoms with van der Waals surface area (Å²) < 4.78 is 2.18. The number of urea groups is 1. The van der Waals surface area contributed by atoms with Crippen molar-refractivity contribution in [1.82, 2.24) is 19.8 Å². The van der Waals surface area contributed by atoms with E-state index in [9.17, 15) is 4.79 Å². The molecule has 0 bridgehead atoms. The smallest absolute Gasteiger partial charge is 0.317 e. The molecule has 0 saturated carbocycles. The van der Waals surface area contributed by atoms with Gasteiger partial charge in [-0.15, -0.1) is 11.3 Å². The molecule has 25 heavy (non-hydrogen) atoms. The minimum atomic E-state index is 0.0664. The molecule has 0 aliphatic carbocycles. The molecule has 2 aliphatic heterocycles. The lowest BCUT2D eigenvalue weighted by atomic mass is 9.98. The van der Waals surface area contributed by atoms with Crippen molar-refractivity contribution in [3.05, 3.63) is 34.3 Å². The van der Waals surface area contributed by atoms with Gasteiger partial charge in [0.05, 0.1) is 12.2 Å². The molecule has 7 heteroatoms. The number of piperidine rings is 1. The summed E-state index contributed by atoms with van der Waals surface area (Å²) in [6.45, 7) is 2.42. The average Bonchev–Trinajstić information content (AvgIpc) is 3.35. The molecule has 0 aromatic carbocycles. The van der Waals surface area contributed by atoms with E-state index in [1.807, 2.05) is 11.3 Å². The number of fused-ring (bicyclic) bond motifs is 1. The van der Waals surface area contributed by atoms with Gasteiger partial charge in [0.15, 0.2) is 5.16 Å². The molecule has 1 N–H and O–H groups in total. The van der Waals surface area contributed by atoms with E-state index in [4.69, 9.17) is 0 Å². The van der Waals surface area contributed by atoms with Crippen molar-refractivity contribution >= 4 is 29.1 Å². The number of nitrogens with one attached hydrogen (secondary N) is 1. The largest absolute Gasteiger partial charge is 0.332 e. The second-order valence-corrected chi connectivity index (χ2v) is 8.77. The quantitative estimate of drug-likeness (QED) is 0.865. The van der Waals surface area contributed by atoms with E-state index in [1.165, 1.54) is 11.3 Å². The van der Waals surface area contributed by atoms with Crippen molar-refractivity contribution in [2.24, 2.45) is 0 Å². The number of carbonyl (C=O) groups is 1. The zero-order chi connectivity index (χ0) is 17.1. The molecule has 5 nitrogen and oxygen atoms in total. The van der Waals surface area contributed by atoms with Crippen LogP contribution in [0.15, 0.2) is 28.9 Å². The van der Waals surface area contributed by atoms with Gasteiger partial charge in [0, 0.05) is 36.0 Å². The molecule has 1 unspecified atom stereocenters. The molecular formula is C18H24N4OS2. The first-order valence-corrected chi connectivity index (χ1v) is 10.9. The van der Waals surface area contributed by atoms with Crippen LogP contribution in [0.2, 0.25) is 0 Å². The summed E-state index contributed by atoms with van der Waals surface area (Å²) in [6, 6.07) is 4.72. The van der Waals surface area contributed by atoms with Gasteiger partial charge in [-0.1, -0.05) is 17.8 Å². The number of thioether (sulfide) groups is 1. The first kappa shape index (κ1) is 17.0. The Balaban J connectivity index is 1.31. The molecule has 1 atom stereocenters. The molecule has 1 saturated heterocycles. The zero-order valence-electron chi connectivity index (χ0n) is 14.3. The number of aryl methyl sites for hydroxylation is 2. The molecule has 2 aromatic heterocycles. The Morgan fingerprint density at radius 3 is 3.16 bits per heavy atom. The molecule has 4 rings (SSSR count). The lowest BCUT2D eigenvalue weighted by Crippen LogP contribution is -2.48. The number of nitrogens with zero attached hydrogens (tertiary/aromatic N) is 3. The van der Waals surface area contributed by atoms with Crippen LogP contribution >= 0.6 is 23.1 Å². The molecule has 1 fully saturated rings. The summed E-state index contributed by atoms with van der Waals surface area (Å²) in [5.41, 5.74) is 0.961. The highest BCUT2D eigenvalue weighted by Gasteiger charge is 2.26. The van der Waals surface area contributed by atoms with Gasteiger partial charge in [0.1, 0.15) is 0 Å². The highest BCUT2D eigenvalue weighted by Crippen LogP contribution is 2.25. The Hall–Kier alpha value is -1.47. The van der Waals surface area contributed by atoms with Gasteiger partial charge in [-0.25, -0.2) is 9.78 Å². The minimum Gasteiger partial charge on any atom is -0.332 e. The fraction of sp³-hybridized carbons (Fsp3) is 0.556. The number of hydrogen-bond donors (Lipinski definition) is 1. The van der Waals surface area contributed by atoms with E-state index in [-0.39, 0.29) is 6.03 Å². The number of carbonyl (C=O) groups excluding carboxylic acids is 1. The van der Waals surface area contributed by atoms with Gasteiger partial charge in [-0.05, 0) is 43.6 Å². The number of thiophene rings is 1. The molecular weight excluding hydrogens is 352 g/mol. The summed E-state index contributed by atoms with van der Waals surface area (Å²) in [7, 11) is 0. The molecule has 134 valence electrons. The van der Waals surface area contributed by atoms with Crippen molar-refractivity contribution in [1.29, 1.82) is 0 Å². The van der Waals surface area contributed by atoms with E-state index in [2.05, 4.69) is 43.5 Å². The van der Waals surface area contributed by atoms with E-state index in [1.54, 1.807) is 11.8 Å². The minimum absolute atomic E-state index is 0.0664. The monoisotopic (exact) mass is 376 g/mol. The van der Waals surface area contributed by atoms with Crippen LogP contribution < -0.4 is 5.32 Å². The summed E-state index contributed by atoms with van der Waals surface area (Å²) in [6.07, 6.45) is 7.65. The summed E-state index contributed by atoms with van der Waals surface area (Å²) in [5, 5.41) is 6.29. The molecule has 4 heterocycles. The van der Waals surface area contributed by atoms with Crippen molar-refractivity contribution in [3.63, 3.8) is 0 Å². The fourth-order valence-corrected chi connectivity index (χ4v) is 5.33. The lowest BCUT2D eigenvalue weighted by molar-refractivity contribution is 0.146. The second kappa shape index (κ2) is 7.83. The lowest BCUT2D eigenvalue weighted by Gasteiger charge is -2.35. The molecule has 2 amide bonds. The maximum absolute atomic E-state index is 12.7. The maximum atomic E-state index is 12.7. The van der Waals surface area contributed by atoms with E-state index in [0.717, 1.165) is 55.4 Å². The first-order valence-electron chi connectivity index (χ1n) is 9.05. The standard InChI is InChI=1S/C18H24N4OS2/c23-17(19-12-14-13-21-9-11-25-18(21)20-14)22-8-2-1-4-15(22)6-7-16-5-3-10-24-16/h3,5,10,13,15H,1-2,4,6-9,11-12H2,(H,19,23). The number of likely N-dealkylation sites (tertiary alicyclic amines) is 1. The van der Waals surface area contributed by atoms with Gasteiger partial charge in [0.25, 0.3) is 0 Å². The van der Waals surface area contributed by atoms with Crippen molar-refractivity contribution in [2.75, 3.05) is 12.3 Å². The maximum Gasteiger partial charge on any atom is 0.317 e. The Kier molecular flexibility index (Phi) is 5.31. The van der Waals surface area contributed by atoms with E-state index < -0.39 is 0 Å². The molecule has 0 spiro atoms. The Morgan fingerprint density at radius 2 is 2.32 bits per heavy atom. The number of aromatic nitrogens is 2. The molecule has 0 radical (unpaired) electrons. The number of rotatable bonds is 5. The summed E-state index contributed by atoms with van der Waals surface area (Å²) in [5.74, 6) is 1.11. The normalized spacial score (nSPS) is 19.8. The number of imidazole rings is 1. The molecule has 2 aliphatic rings. The van der Waals surface area contributed by atoms with Gasteiger partial charge in [-0.2, -0.15) is 0 Å². The third-order valence-electron chi connectivity index (χ3n) is 4.97. The van der Waals surface area contributed by atoms with Gasteiger partial charge >= 0.3 is 6.03 Å². The van der Waals surface area contributed by atoms with Crippen molar-refractivity contribution < 1.29 is 4.79 Å². The van der Waals surface area contributed by atoms with Crippen LogP contribution in [0.4, 0.5) is 4.79 Å². The van der Waals surface area contributed by atoms with Gasteiger partial charge in [-0.3, -0.25) is 0 Å².